The SMILES string of the molecule is O=C(N[C@H](COC(=O)Oc1ccc([N+](=O)[O-])cc1)Cc1ccc(Br)cc1)OCC1c2ccccc2-c2ccccc21. The highest BCUT2D eigenvalue weighted by Gasteiger charge is 2.29. The van der Waals surface area contributed by atoms with E-state index >= 15 is 0 Å². The fraction of sp³-hybridized carbons (Fsp3) is 0.161. The number of carbonyl (C=O) groups is 2. The summed E-state index contributed by atoms with van der Waals surface area (Å²) in [6.45, 7) is -0.0417. The van der Waals surface area contributed by atoms with Crippen molar-refractivity contribution >= 4 is 33.9 Å². The van der Waals surface area contributed by atoms with Crippen LogP contribution in [-0.4, -0.2) is 36.4 Å². The molecule has 41 heavy (non-hydrogen) atoms. The molecule has 1 aliphatic rings. The fourth-order valence-electron chi connectivity index (χ4n) is 4.79. The molecule has 1 amide bonds. The number of carbonyl (C=O) groups excluding carboxylic acids is 2. The molecule has 10 heteroatoms. The number of hydrogen-bond donors (Lipinski definition) is 1. The first-order valence-corrected chi connectivity index (χ1v) is 13.6. The van der Waals surface area contributed by atoms with Crippen LogP contribution in [0, 0.1) is 10.1 Å². The number of halogens is 1. The minimum Gasteiger partial charge on any atom is -0.449 e. The molecular formula is C31H25BrN2O7. The number of amides is 1. The summed E-state index contributed by atoms with van der Waals surface area (Å²) < 4.78 is 17.0. The van der Waals surface area contributed by atoms with Crippen LogP contribution in [0.3, 0.4) is 0 Å². The predicted octanol–water partition coefficient (Wildman–Crippen LogP) is 7.02. The van der Waals surface area contributed by atoms with Crippen LogP contribution < -0.4 is 10.1 Å². The molecule has 9 nitrogen and oxygen atoms in total. The van der Waals surface area contributed by atoms with Gasteiger partial charge < -0.3 is 19.5 Å². The van der Waals surface area contributed by atoms with E-state index in [2.05, 4.69) is 33.4 Å². The van der Waals surface area contributed by atoms with E-state index in [9.17, 15) is 19.7 Å². The molecule has 0 saturated heterocycles. The molecule has 1 N–H and O–H groups in total. The third-order valence-corrected chi connectivity index (χ3v) is 7.24. The molecule has 0 spiro atoms. The van der Waals surface area contributed by atoms with Gasteiger partial charge in [-0.3, -0.25) is 10.1 Å². The number of rotatable bonds is 9. The largest absolute Gasteiger partial charge is 0.513 e. The number of nitro groups is 1. The molecule has 4 aromatic carbocycles. The second kappa shape index (κ2) is 12.6. The predicted molar refractivity (Wildman–Crippen MR) is 155 cm³/mol. The number of alkyl carbamates (subject to hydrolysis) is 1. The highest BCUT2D eigenvalue weighted by molar-refractivity contribution is 9.10. The molecule has 0 heterocycles. The van der Waals surface area contributed by atoms with Crippen LogP contribution in [0.25, 0.3) is 11.1 Å². The number of nitrogens with one attached hydrogen (secondary N) is 1. The Labute approximate surface area is 244 Å². The normalized spacial score (nSPS) is 12.5. The second-order valence-electron chi connectivity index (χ2n) is 9.41. The van der Waals surface area contributed by atoms with Crippen molar-refractivity contribution < 1.29 is 28.7 Å². The second-order valence-corrected chi connectivity index (χ2v) is 10.3. The molecule has 1 aliphatic carbocycles. The van der Waals surface area contributed by atoms with Crippen LogP contribution in [-0.2, 0) is 15.9 Å². The van der Waals surface area contributed by atoms with Crippen molar-refractivity contribution in [1.29, 1.82) is 0 Å². The van der Waals surface area contributed by atoms with Gasteiger partial charge in [0.2, 0.25) is 0 Å². The van der Waals surface area contributed by atoms with Crippen LogP contribution in [0.2, 0.25) is 0 Å². The van der Waals surface area contributed by atoms with Crippen molar-refractivity contribution in [3.05, 3.63) is 128 Å². The summed E-state index contributed by atoms with van der Waals surface area (Å²) in [5.41, 5.74) is 5.24. The van der Waals surface area contributed by atoms with Gasteiger partial charge in [0.15, 0.2) is 0 Å². The first-order chi connectivity index (χ1) is 19.9. The van der Waals surface area contributed by atoms with E-state index in [0.717, 1.165) is 32.3 Å². The van der Waals surface area contributed by atoms with E-state index in [-0.39, 0.29) is 30.6 Å². The van der Waals surface area contributed by atoms with Crippen molar-refractivity contribution in [3.8, 4) is 16.9 Å². The number of nitro benzene ring substituents is 1. The lowest BCUT2D eigenvalue weighted by molar-refractivity contribution is -0.384. The Morgan fingerprint density at radius 1 is 0.854 bits per heavy atom. The number of benzene rings is 4. The number of non-ortho nitro benzene ring substituents is 1. The Bertz CT molecular complexity index is 1510. The topological polar surface area (TPSA) is 117 Å². The Hall–Kier alpha value is -4.70. The van der Waals surface area contributed by atoms with E-state index in [1.54, 1.807) is 0 Å². The quantitative estimate of drug-likeness (QED) is 0.0928. The summed E-state index contributed by atoms with van der Waals surface area (Å²) >= 11 is 3.41. The molecule has 0 fully saturated rings. The summed E-state index contributed by atoms with van der Waals surface area (Å²) in [6.07, 6.45) is -1.28. The zero-order chi connectivity index (χ0) is 28.8. The van der Waals surface area contributed by atoms with Gasteiger partial charge in [0.1, 0.15) is 19.0 Å². The van der Waals surface area contributed by atoms with E-state index < -0.39 is 23.2 Å². The molecule has 0 radical (unpaired) electrons. The maximum Gasteiger partial charge on any atom is 0.513 e. The average Bonchev–Trinajstić information content (AvgIpc) is 3.30. The van der Waals surface area contributed by atoms with Crippen molar-refractivity contribution in [2.45, 2.75) is 18.4 Å². The maximum absolute atomic E-state index is 12.9. The van der Waals surface area contributed by atoms with Gasteiger partial charge in [-0.25, -0.2) is 9.59 Å². The molecule has 1 atom stereocenters. The van der Waals surface area contributed by atoms with E-state index in [0.29, 0.717) is 6.42 Å². The monoisotopic (exact) mass is 616 g/mol. The number of hydrogen-bond acceptors (Lipinski definition) is 7. The highest BCUT2D eigenvalue weighted by atomic mass is 79.9. The minimum atomic E-state index is -1.01. The lowest BCUT2D eigenvalue weighted by Gasteiger charge is -2.20. The van der Waals surface area contributed by atoms with E-state index in [1.807, 2.05) is 60.7 Å². The number of fused-ring (bicyclic) bond motifs is 3. The Balaban J connectivity index is 1.21. The molecule has 0 saturated carbocycles. The smallest absolute Gasteiger partial charge is 0.449 e. The van der Waals surface area contributed by atoms with Gasteiger partial charge in [0, 0.05) is 22.5 Å². The van der Waals surface area contributed by atoms with Gasteiger partial charge in [0.25, 0.3) is 5.69 Å². The summed E-state index contributed by atoms with van der Waals surface area (Å²) in [4.78, 5) is 35.5. The third-order valence-electron chi connectivity index (χ3n) is 6.71. The molecule has 208 valence electrons. The highest BCUT2D eigenvalue weighted by Crippen LogP contribution is 2.44. The van der Waals surface area contributed by atoms with Gasteiger partial charge in [-0.15, -0.1) is 0 Å². The fourth-order valence-corrected chi connectivity index (χ4v) is 5.06. The van der Waals surface area contributed by atoms with Gasteiger partial charge in [-0.1, -0.05) is 76.6 Å². The standard InChI is InChI=1S/C31H25BrN2O7/c32-21-11-9-20(10-12-21)17-22(18-40-31(36)41-24-15-13-23(14-16-24)34(37)38)33-30(35)39-19-29-27-7-3-1-5-25(27)26-6-2-4-8-28(26)29/h1-16,22,29H,17-19H2,(H,33,35)/t22-/m0/s1. The van der Waals surface area contributed by atoms with Crippen LogP contribution in [0.15, 0.2) is 102 Å². The average molecular weight is 617 g/mol. The molecule has 0 unspecified atom stereocenters. The Morgan fingerprint density at radius 3 is 2.07 bits per heavy atom. The van der Waals surface area contributed by atoms with Crippen molar-refractivity contribution in [2.24, 2.45) is 0 Å². The molecule has 0 bridgehead atoms. The van der Waals surface area contributed by atoms with Crippen molar-refractivity contribution in [3.63, 3.8) is 0 Å². The van der Waals surface area contributed by atoms with Crippen molar-refractivity contribution in [1.82, 2.24) is 5.32 Å². The van der Waals surface area contributed by atoms with Gasteiger partial charge in [-0.05, 0) is 58.5 Å². The Kier molecular flexibility index (Phi) is 8.59. The summed E-state index contributed by atoms with van der Waals surface area (Å²) in [5.74, 6) is 0.000512. The van der Waals surface area contributed by atoms with Crippen LogP contribution >= 0.6 is 15.9 Å². The minimum absolute atomic E-state index is 0.0917. The van der Waals surface area contributed by atoms with Gasteiger partial charge in [-0.2, -0.15) is 0 Å². The Morgan fingerprint density at radius 2 is 1.46 bits per heavy atom. The summed E-state index contributed by atoms with van der Waals surface area (Å²) in [7, 11) is 0. The van der Waals surface area contributed by atoms with E-state index in [1.165, 1.54) is 24.3 Å². The molecule has 4 aromatic rings. The first-order valence-electron chi connectivity index (χ1n) is 12.8. The zero-order valence-electron chi connectivity index (χ0n) is 21.7. The zero-order valence-corrected chi connectivity index (χ0v) is 23.3. The summed E-state index contributed by atoms with van der Waals surface area (Å²) in [6, 6.07) is 28.1. The third kappa shape index (κ3) is 6.90. The maximum atomic E-state index is 12.9. The molecule has 5 rings (SSSR count). The van der Waals surface area contributed by atoms with Crippen LogP contribution in [0.4, 0.5) is 15.3 Å². The molecular weight excluding hydrogens is 592 g/mol. The first kappa shape index (κ1) is 27.9. The number of nitrogens with zero attached hydrogens (tertiary/aromatic N) is 1. The van der Waals surface area contributed by atoms with Crippen LogP contribution in [0.1, 0.15) is 22.6 Å². The van der Waals surface area contributed by atoms with E-state index in [4.69, 9.17) is 14.2 Å². The van der Waals surface area contributed by atoms with Crippen LogP contribution in [0.5, 0.6) is 5.75 Å². The van der Waals surface area contributed by atoms with Gasteiger partial charge in [0.05, 0.1) is 11.0 Å². The van der Waals surface area contributed by atoms with Crippen molar-refractivity contribution in [2.75, 3.05) is 13.2 Å². The summed E-state index contributed by atoms with van der Waals surface area (Å²) in [5, 5.41) is 13.6. The number of ether oxygens (including phenoxy) is 3. The molecule has 0 aromatic heterocycles. The van der Waals surface area contributed by atoms with Gasteiger partial charge >= 0.3 is 12.2 Å². The molecule has 0 aliphatic heterocycles. The lowest BCUT2D eigenvalue weighted by atomic mass is 9.98. The lowest BCUT2D eigenvalue weighted by Crippen LogP contribution is -2.41.